The van der Waals surface area contributed by atoms with Crippen LogP contribution in [0.2, 0.25) is 0 Å². The monoisotopic (exact) mass is 340 g/mol. The highest BCUT2D eigenvalue weighted by Crippen LogP contribution is 2.49. The van der Waals surface area contributed by atoms with Crippen LogP contribution in [0, 0.1) is 12.8 Å². The van der Waals surface area contributed by atoms with Gasteiger partial charge >= 0.3 is 5.63 Å². The van der Waals surface area contributed by atoms with Crippen molar-refractivity contribution in [2.24, 2.45) is 5.92 Å². The fourth-order valence-corrected chi connectivity index (χ4v) is 3.46. The summed E-state index contributed by atoms with van der Waals surface area (Å²) in [5.74, 6) is 0.647. The minimum Gasteiger partial charge on any atom is -0.488 e. The molecular formula is C20H20O5. The number of Topliss-reactive ketones (excluding diaryl/α,β-unsaturated/α-hetero) is 1. The van der Waals surface area contributed by atoms with E-state index in [-0.39, 0.29) is 23.4 Å². The maximum Gasteiger partial charge on any atom is 0.336 e. The van der Waals surface area contributed by atoms with E-state index in [1.165, 1.54) is 6.07 Å². The Hall–Kier alpha value is -2.56. The van der Waals surface area contributed by atoms with E-state index in [0.717, 1.165) is 11.1 Å². The van der Waals surface area contributed by atoms with Crippen LogP contribution in [0.25, 0.3) is 17.0 Å². The van der Waals surface area contributed by atoms with Crippen molar-refractivity contribution in [3.8, 4) is 11.5 Å². The van der Waals surface area contributed by atoms with Crippen molar-refractivity contribution in [2.45, 2.75) is 46.3 Å². The number of benzene rings is 1. The SMILES string of the molecule is Cc1cc(=O)oc2c3c(c4c(c12)OC(C)(C)C=C4)O[C@H](C)[C@H](C)C3=O. The summed E-state index contributed by atoms with van der Waals surface area (Å²) in [6, 6.07) is 1.42. The Bertz CT molecular complexity index is 1010. The molecule has 0 saturated carbocycles. The van der Waals surface area contributed by atoms with E-state index in [1.807, 2.05) is 46.8 Å². The second kappa shape index (κ2) is 4.97. The van der Waals surface area contributed by atoms with Crippen LogP contribution < -0.4 is 15.1 Å². The Morgan fingerprint density at radius 2 is 1.84 bits per heavy atom. The van der Waals surface area contributed by atoms with Gasteiger partial charge in [0.05, 0.1) is 16.9 Å². The van der Waals surface area contributed by atoms with Crippen LogP contribution in [0.3, 0.4) is 0 Å². The second-order valence-corrected chi connectivity index (χ2v) is 7.41. The van der Waals surface area contributed by atoms with Crippen molar-refractivity contribution < 1.29 is 18.7 Å². The molecule has 0 amide bonds. The third-order valence-electron chi connectivity index (χ3n) is 5.01. The van der Waals surface area contributed by atoms with Crippen LogP contribution in [-0.4, -0.2) is 17.5 Å². The fraction of sp³-hybridized carbons (Fsp3) is 0.400. The van der Waals surface area contributed by atoms with Crippen LogP contribution in [-0.2, 0) is 0 Å². The lowest BCUT2D eigenvalue weighted by molar-refractivity contribution is 0.0728. The van der Waals surface area contributed by atoms with Gasteiger partial charge in [-0.15, -0.1) is 0 Å². The highest BCUT2D eigenvalue weighted by atomic mass is 16.5. The van der Waals surface area contributed by atoms with E-state index < -0.39 is 11.2 Å². The molecular weight excluding hydrogens is 320 g/mol. The van der Waals surface area contributed by atoms with Crippen LogP contribution in [0.4, 0.5) is 0 Å². The first-order valence-corrected chi connectivity index (χ1v) is 8.43. The molecule has 0 N–H and O–H groups in total. The molecule has 130 valence electrons. The molecule has 0 saturated heterocycles. The fourth-order valence-electron chi connectivity index (χ4n) is 3.46. The van der Waals surface area contributed by atoms with Crippen molar-refractivity contribution in [1.82, 2.24) is 0 Å². The molecule has 2 aliphatic heterocycles. The van der Waals surface area contributed by atoms with Gasteiger partial charge in [-0.05, 0) is 45.4 Å². The number of ether oxygens (including phenoxy) is 2. The van der Waals surface area contributed by atoms with Gasteiger partial charge in [-0.1, -0.05) is 6.92 Å². The standard InChI is InChI=1S/C20H20O5/c1-9-8-13(21)24-19-14(9)18-12(6-7-20(4,5)25-18)17-15(19)16(22)10(2)11(3)23-17/h6-8,10-11H,1-5H3/t10-,11+/m0/s1. The molecule has 2 aromatic rings. The average molecular weight is 340 g/mol. The topological polar surface area (TPSA) is 65.7 Å². The molecule has 4 rings (SSSR count). The maximum atomic E-state index is 13.0. The summed E-state index contributed by atoms with van der Waals surface area (Å²) in [6.45, 7) is 9.41. The molecule has 3 heterocycles. The van der Waals surface area contributed by atoms with E-state index in [2.05, 4.69) is 0 Å². The minimum absolute atomic E-state index is 0.0754. The highest BCUT2D eigenvalue weighted by molar-refractivity contribution is 6.14. The summed E-state index contributed by atoms with van der Waals surface area (Å²) in [5.41, 5.74) is 1.05. The first kappa shape index (κ1) is 15.9. The molecule has 2 aliphatic rings. The van der Waals surface area contributed by atoms with E-state index in [9.17, 15) is 9.59 Å². The largest absolute Gasteiger partial charge is 0.488 e. The van der Waals surface area contributed by atoms with Gasteiger partial charge < -0.3 is 13.9 Å². The molecule has 0 radical (unpaired) electrons. The number of ketones is 1. The van der Waals surface area contributed by atoms with Gasteiger partial charge in [0.25, 0.3) is 0 Å². The van der Waals surface area contributed by atoms with E-state index in [0.29, 0.717) is 22.4 Å². The highest BCUT2D eigenvalue weighted by Gasteiger charge is 2.39. The molecule has 25 heavy (non-hydrogen) atoms. The van der Waals surface area contributed by atoms with Crippen LogP contribution >= 0.6 is 0 Å². The summed E-state index contributed by atoms with van der Waals surface area (Å²) in [7, 11) is 0. The lowest BCUT2D eigenvalue weighted by Crippen LogP contribution is -2.35. The minimum atomic E-state index is -0.506. The van der Waals surface area contributed by atoms with Crippen molar-refractivity contribution in [3.63, 3.8) is 0 Å². The third kappa shape index (κ3) is 2.22. The predicted octanol–water partition coefficient (Wildman–Crippen LogP) is 3.89. The number of carbonyl (C=O) groups is 1. The zero-order valence-electron chi connectivity index (χ0n) is 14.9. The van der Waals surface area contributed by atoms with E-state index >= 15 is 0 Å². The Balaban J connectivity index is 2.20. The zero-order valence-corrected chi connectivity index (χ0v) is 14.9. The van der Waals surface area contributed by atoms with Crippen molar-refractivity contribution in [1.29, 1.82) is 0 Å². The number of carbonyl (C=O) groups excluding carboxylic acids is 1. The van der Waals surface area contributed by atoms with Crippen molar-refractivity contribution in [2.75, 3.05) is 0 Å². The van der Waals surface area contributed by atoms with Gasteiger partial charge in [0, 0.05) is 6.07 Å². The Kier molecular flexibility index (Phi) is 3.17. The van der Waals surface area contributed by atoms with Crippen molar-refractivity contribution >= 4 is 22.8 Å². The molecule has 0 fully saturated rings. The molecule has 1 aromatic carbocycles. The first-order valence-electron chi connectivity index (χ1n) is 8.43. The van der Waals surface area contributed by atoms with Crippen LogP contribution in [0.5, 0.6) is 11.5 Å². The summed E-state index contributed by atoms with van der Waals surface area (Å²) < 4.78 is 17.7. The van der Waals surface area contributed by atoms with Crippen LogP contribution in [0.1, 0.15) is 49.2 Å². The molecule has 0 bridgehead atoms. The Labute approximate surface area is 145 Å². The number of hydrogen-bond acceptors (Lipinski definition) is 5. The summed E-state index contributed by atoms with van der Waals surface area (Å²) in [4.78, 5) is 24.9. The van der Waals surface area contributed by atoms with E-state index in [1.54, 1.807) is 0 Å². The molecule has 0 aliphatic carbocycles. The maximum absolute atomic E-state index is 13.0. The molecule has 0 unspecified atom stereocenters. The Morgan fingerprint density at radius 3 is 2.56 bits per heavy atom. The molecule has 2 atom stereocenters. The summed E-state index contributed by atoms with van der Waals surface area (Å²) in [5, 5.41) is 0.657. The Morgan fingerprint density at radius 1 is 1.12 bits per heavy atom. The lowest BCUT2D eigenvalue weighted by atomic mass is 9.86. The number of hydrogen-bond donors (Lipinski definition) is 0. The predicted molar refractivity (Wildman–Crippen MR) is 94.5 cm³/mol. The zero-order chi connectivity index (χ0) is 18.1. The summed E-state index contributed by atoms with van der Waals surface area (Å²) >= 11 is 0. The number of fused-ring (bicyclic) bond motifs is 6. The summed E-state index contributed by atoms with van der Waals surface area (Å²) in [6.07, 6.45) is 3.60. The normalized spacial score (nSPS) is 23.6. The average Bonchev–Trinajstić information content (AvgIpc) is 2.50. The molecule has 5 heteroatoms. The first-order chi connectivity index (χ1) is 11.7. The third-order valence-corrected chi connectivity index (χ3v) is 5.01. The van der Waals surface area contributed by atoms with Gasteiger partial charge in [0.1, 0.15) is 28.8 Å². The van der Waals surface area contributed by atoms with Crippen molar-refractivity contribution in [3.05, 3.63) is 39.3 Å². The van der Waals surface area contributed by atoms with Crippen LogP contribution in [0.15, 0.2) is 21.4 Å². The van der Waals surface area contributed by atoms with Gasteiger partial charge in [0.2, 0.25) is 0 Å². The second-order valence-electron chi connectivity index (χ2n) is 7.41. The number of aryl methyl sites for hydroxylation is 1. The lowest BCUT2D eigenvalue weighted by Gasteiger charge is -2.34. The van der Waals surface area contributed by atoms with Gasteiger partial charge in [0.15, 0.2) is 11.4 Å². The van der Waals surface area contributed by atoms with E-state index in [4.69, 9.17) is 13.9 Å². The van der Waals surface area contributed by atoms with Gasteiger partial charge in [-0.2, -0.15) is 0 Å². The molecule has 1 aromatic heterocycles. The quantitative estimate of drug-likeness (QED) is 0.681. The number of rotatable bonds is 0. The van der Waals surface area contributed by atoms with Gasteiger partial charge in [-0.25, -0.2) is 4.79 Å². The molecule has 5 nitrogen and oxygen atoms in total. The van der Waals surface area contributed by atoms with Gasteiger partial charge in [-0.3, -0.25) is 4.79 Å². The smallest absolute Gasteiger partial charge is 0.336 e. The molecule has 0 spiro atoms.